The number of rotatable bonds is 3. The van der Waals surface area contributed by atoms with Crippen molar-refractivity contribution in [2.75, 3.05) is 0 Å². The summed E-state index contributed by atoms with van der Waals surface area (Å²) in [7, 11) is 0. The molecule has 4 aromatic rings. The highest BCUT2D eigenvalue weighted by Gasteiger charge is 2.14. The summed E-state index contributed by atoms with van der Waals surface area (Å²) in [5.74, 6) is 0.554. The molecular weight excluding hydrogens is 391 g/mol. The van der Waals surface area contributed by atoms with Crippen LogP contribution in [-0.4, -0.2) is 14.5 Å². The van der Waals surface area contributed by atoms with Gasteiger partial charge in [-0.1, -0.05) is 35.3 Å². The summed E-state index contributed by atoms with van der Waals surface area (Å²) < 4.78 is 2.05. The molecule has 0 aliphatic heterocycles. The van der Waals surface area contributed by atoms with Crippen LogP contribution < -0.4 is 0 Å². The molecule has 0 aliphatic rings. The van der Waals surface area contributed by atoms with E-state index in [9.17, 15) is 5.26 Å². The minimum Gasteiger partial charge on any atom is -0.337 e. The number of halogens is 2. The molecule has 28 heavy (non-hydrogen) atoms. The van der Waals surface area contributed by atoms with Crippen LogP contribution in [0.4, 0.5) is 0 Å². The van der Waals surface area contributed by atoms with Gasteiger partial charge in [-0.25, -0.2) is 4.98 Å². The van der Waals surface area contributed by atoms with Crippen molar-refractivity contribution >= 4 is 45.9 Å². The van der Waals surface area contributed by atoms with E-state index in [1.807, 2.05) is 62.4 Å². The van der Waals surface area contributed by atoms with Crippen LogP contribution in [0.15, 0.2) is 48.5 Å². The van der Waals surface area contributed by atoms with Crippen LogP contribution in [0.3, 0.4) is 0 Å². The fraction of sp³-hybridized carbons (Fsp3) is 0.0909. The van der Waals surface area contributed by atoms with E-state index in [2.05, 4.69) is 20.6 Å². The van der Waals surface area contributed by atoms with Crippen LogP contribution in [0, 0.1) is 25.2 Å². The maximum atomic E-state index is 9.70. The lowest BCUT2D eigenvalue weighted by atomic mass is 10.1. The molecular formula is C22H16Cl2N4. The van der Waals surface area contributed by atoms with Crippen molar-refractivity contribution in [3.8, 4) is 11.8 Å². The summed E-state index contributed by atoms with van der Waals surface area (Å²) in [6, 6.07) is 17.4. The molecule has 1 N–H and O–H groups in total. The van der Waals surface area contributed by atoms with Gasteiger partial charge in [0.15, 0.2) is 0 Å². The molecule has 6 heteroatoms. The van der Waals surface area contributed by atoms with Gasteiger partial charge in [-0.2, -0.15) is 5.26 Å². The van der Waals surface area contributed by atoms with Crippen molar-refractivity contribution < 1.29 is 0 Å². The summed E-state index contributed by atoms with van der Waals surface area (Å²) in [5, 5.41) is 10.9. The van der Waals surface area contributed by atoms with Gasteiger partial charge in [-0.15, -0.1) is 0 Å². The summed E-state index contributed by atoms with van der Waals surface area (Å²) in [6.45, 7) is 4.00. The summed E-state index contributed by atoms with van der Waals surface area (Å²) in [5.41, 5.74) is 5.97. The topological polar surface area (TPSA) is 57.4 Å². The van der Waals surface area contributed by atoms with Crippen molar-refractivity contribution in [1.29, 1.82) is 5.26 Å². The highest BCUT2D eigenvalue weighted by Crippen LogP contribution is 2.30. The lowest BCUT2D eigenvalue weighted by Crippen LogP contribution is -2.00. The summed E-state index contributed by atoms with van der Waals surface area (Å²) in [4.78, 5) is 7.74. The average Bonchev–Trinajstić information content (AvgIpc) is 3.21. The molecule has 0 spiro atoms. The first-order valence-electron chi connectivity index (χ1n) is 8.69. The van der Waals surface area contributed by atoms with Crippen LogP contribution in [0.1, 0.15) is 22.8 Å². The quantitative estimate of drug-likeness (QED) is 0.403. The Balaban J connectivity index is 1.82. The third-order valence-electron chi connectivity index (χ3n) is 4.69. The van der Waals surface area contributed by atoms with Crippen LogP contribution >= 0.6 is 23.2 Å². The second kappa shape index (κ2) is 7.20. The van der Waals surface area contributed by atoms with Crippen molar-refractivity contribution in [3.05, 3.63) is 81.4 Å². The van der Waals surface area contributed by atoms with Crippen LogP contribution in [0.5, 0.6) is 0 Å². The highest BCUT2D eigenvalue weighted by atomic mass is 35.5. The first kappa shape index (κ1) is 18.4. The Hall–Kier alpha value is -3.00. The molecule has 2 aromatic heterocycles. The van der Waals surface area contributed by atoms with E-state index >= 15 is 0 Å². The van der Waals surface area contributed by atoms with Crippen molar-refractivity contribution in [1.82, 2.24) is 14.5 Å². The number of para-hydroxylation sites is 2. The van der Waals surface area contributed by atoms with Gasteiger partial charge >= 0.3 is 0 Å². The lowest BCUT2D eigenvalue weighted by Gasteiger charge is -2.12. The van der Waals surface area contributed by atoms with Crippen molar-refractivity contribution in [2.24, 2.45) is 0 Å². The van der Waals surface area contributed by atoms with E-state index < -0.39 is 0 Å². The molecule has 0 atom stereocenters. The Bertz CT molecular complexity index is 1240. The van der Waals surface area contributed by atoms with Gasteiger partial charge in [0.05, 0.1) is 27.3 Å². The van der Waals surface area contributed by atoms with E-state index in [4.69, 9.17) is 23.2 Å². The third kappa shape index (κ3) is 3.20. The maximum Gasteiger partial charge on any atom is 0.149 e. The predicted octanol–water partition coefficient (Wildman–Crippen LogP) is 6.34. The van der Waals surface area contributed by atoms with Crippen LogP contribution in [0.2, 0.25) is 10.0 Å². The third-order valence-corrected chi connectivity index (χ3v) is 5.22. The SMILES string of the molecule is Cc1cc(/C=C(\C#N)c2nc3ccccc3[nH]2)c(C)n1-c1ccc(Cl)cc1Cl. The first-order valence-corrected chi connectivity index (χ1v) is 9.45. The minimum atomic E-state index is 0.471. The zero-order chi connectivity index (χ0) is 19.8. The monoisotopic (exact) mass is 406 g/mol. The van der Waals surface area contributed by atoms with Gasteiger partial charge in [0.25, 0.3) is 0 Å². The van der Waals surface area contributed by atoms with Gasteiger partial charge in [-0.3, -0.25) is 0 Å². The fourth-order valence-corrected chi connectivity index (χ4v) is 3.85. The molecule has 4 rings (SSSR count). The number of aromatic nitrogens is 3. The lowest BCUT2D eigenvalue weighted by molar-refractivity contribution is 0.965. The number of benzene rings is 2. The number of imidazole rings is 1. The number of hydrogen-bond acceptors (Lipinski definition) is 2. The molecule has 2 heterocycles. The summed E-state index contributed by atoms with van der Waals surface area (Å²) in [6.07, 6.45) is 1.85. The Morgan fingerprint density at radius 1 is 1.14 bits per heavy atom. The molecule has 4 nitrogen and oxygen atoms in total. The van der Waals surface area contributed by atoms with E-state index in [1.165, 1.54) is 0 Å². The number of aryl methyl sites for hydroxylation is 1. The maximum absolute atomic E-state index is 9.70. The van der Waals surface area contributed by atoms with Crippen molar-refractivity contribution in [2.45, 2.75) is 13.8 Å². The number of nitrogens with one attached hydrogen (secondary N) is 1. The van der Waals surface area contributed by atoms with Gasteiger partial charge < -0.3 is 9.55 Å². The molecule has 0 aliphatic carbocycles. The minimum absolute atomic E-state index is 0.471. The second-order valence-corrected chi connectivity index (χ2v) is 7.37. The molecule has 0 radical (unpaired) electrons. The van der Waals surface area contributed by atoms with Crippen LogP contribution in [0.25, 0.3) is 28.4 Å². The Morgan fingerprint density at radius 2 is 1.93 bits per heavy atom. The van der Waals surface area contributed by atoms with Crippen LogP contribution in [-0.2, 0) is 0 Å². The standard InChI is InChI=1S/C22H16Cl2N4/c1-13-9-15(14(2)28(13)21-8-7-17(23)11-18(21)24)10-16(12-25)22-26-19-5-3-4-6-20(19)27-22/h3-11H,1-2H3,(H,26,27)/b16-10+. The summed E-state index contributed by atoms with van der Waals surface area (Å²) >= 11 is 12.4. The predicted molar refractivity (Wildman–Crippen MR) is 115 cm³/mol. The number of nitriles is 1. The largest absolute Gasteiger partial charge is 0.337 e. The fourth-order valence-electron chi connectivity index (χ4n) is 3.36. The highest BCUT2D eigenvalue weighted by molar-refractivity contribution is 6.35. The van der Waals surface area contributed by atoms with Gasteiger partial charge in [-0.05, 0) is 61.9 Å². The number of fused-ring (bicyclic) bond motifs is 1. The molecule has 0 bridgehead atoms. The smallest absolute Gasteiger partial charge is 0.149 e. The normalized spacial score (nSPS) is 11.8. The molecule has 0 saturated heterocycles. The number of allylic oxidation sites excluding steroid dienone is 1. The van der Waals surface area contributed by atoms with E-state index in [-0.39, 0.29) is 0 Å². The number of hydrogen-bond donors (Lipinski definition) is 1. The number of nitrogens with zero attached hydrogens (tertiary/aromatic N) is 3. The molecule has 2 aromatic carbocycles. The van der Waals surface area contributed by atoms with Gasteiger partial charge in [0, 0.05) is 16.4 Å². The van der Waals surface area contributed by atoms with Gasteiger partial charge in [0.1, 0.15) is 11.9 Å². The van der Waals surface area contributed by atoms with E-state index in [0.717, 1.165) is 33.7 Å². The molecule has 0 fully saturated rings. The number of H-pyrrole nitrogens is 1. The van der Waals surface area contributed by atoms with Crippen molar-refractivity contribution in [3.63, 3.8) is 0 Å². The second-order valence-electron chi connectivity index (χ2n) is 6.53. The first-order chi connectivity index (χ1) is 13.5. The van der Waals surface area contributed by atoms with E-state index in [1.54, 1.807) is 6.07 Å². The molecule has 0 saturated carbocycles. The zero-order valence-electron chi connectivity index (χ0n) is 15.3. The zero-order valence-corrected chi connectivity index (χ0v) is 16.8. The van der Waals surface area contributed by atoms with E-state index in [0.29, 0.717) is 21.4 Å². The molecule has 0 unspecified atom stereocenters. The molecule has 0 amide bonds. The van der Waals surface area contributed by atoms with Gasteiger partial charge in [0.2, 0.25) is 0 Å². The number of aromatic amines is 1. The Morgan fingerprint density at radius 3 is 2.64 bits per heavy atom. The Kier molecular flexibility index (Phi) is 4.72. The Labute approximate surface area is 172 Å². The average molecular weight is 407 g/mol. The molecule has 138 valence electrons.